The highest BCUT2D eigenvalue weighted by Crippen LogP contribution is 2.08. The van der Waals surface area contributed by atoms with Crippen LogP contribution in [0.4, 0.5) is 0 Å². The topological polar surface area (TPSA) is 117 Å². The van der Waals surface area contributed by atoms with Gasteiger partial charge in [0.2, 0.25) is 15.9 Å². The first-order valence-corrected chi connectivity index (χ1v) is 9.06. The van der Waals surface area contributed by atoms with Crippen LogP contribution in [0.5, 0.6) is 0 Å². The summed E-state index contributed by atoms with van der Waals surface area (Å²) < 4.78 is 25.7. The molecule has 0 aromatic heterocycles. The van der Waals surface area contributed by atoms with Crippen LogP contribution in [0.15, 0.2) is 0 Å². The molecule has 1 aliphatic heterocycles. The maximum Gasteiger partial charge on any atom is 0.262 e. The van der Waals surface area contributed by atoms with Crippen LogP contribution in [0, 0.1) is 0 Å². The molecule has 1 heterocycles. The highest BCUT2D eigenvalue weighted by molar-refractivity contribution is 7.89. The molecule has 0 unspecified atom stereocenters. The normalized spacial score (nSPS) is 19.2. The minimum Gasteiger partial charge on any atom is -0.355 e. The third kappa shape index (κ3) is 8.25. The number of hydroxylamine groups is 1. The number of carbonyl (C=O) groups is 2. The molecule has 1 saturated heterocycles. The van der Waals surface area contributed by atoms with Crippen LogP contribution in [0.1, 0.15) is 27.7 Å². The van der Waals surface area contributed by atoms with Crippen LogP contribution in [-0.2, 0) is 24.4 Å². The van der Waals surface area contributed by atoms with Gasteiger partial charge in [-0.3, -0.25) is 14.4 Å². The average Bonchev–Trinajstić information content (AvgIpc) is 2.43. The predicted octanol–water partition coefficient (Wildman–Crippen LogP) is -1.01. The van der Waals surface area contributed by atoms with Crippen molar-refractivity contribution in [2.45, 2.75) is 39.3 Å². The van der Waals surface area contributed by atoms with Gasteiger partial charge < -0.3 is 10.6 Å². The van der Waals surface area contributed by atoms with E-state index in [9.17, 15) is 18.0 Å². The lowest BCUT2D eigenvalue weighted by Crippen LogP contribution is -2.59. The van der Waals surface area contributed by atoms with Gasteiger partial charge in [-0.15, -0.1) is 12.4 Å². The number of nitrogens with zero attached hydrogens (tertiary/aromatic N) is 1. The van der Waals surface area contributed by atoms with E-state index in [1.54, 1.807) is 20.8 Å². The van der Waals surface area contributed by atoms with Crippen LogP contribution in [0.25, 0.3) is 0 Å². The number of halogens is 1. The fourth-order valence-electron chi connectivity index (χ4n) is 1.91. The van der Waals surface area contributed by atoms with E-state index in [-0.39, 0.29) is 43.7 Å². The zero-order valence-corrected chi connectivity index (χ0v) is 16.1. The molecule has 9 nitrogen and oxygen atoms in total. The Bertz CT molecular complexity index is 535. The number of hydrogen-bond donors (Lipinski definition) is 3. The molecule has 11 heteroatoms. The summed E-state index contributed by atoms with van der Waals surface area (Å²) in [5.41, 5.74) is 1.81. The summed E-state index contributed by atoms with van der Waals surface area (Å²) in [6.07, 6.45) is 0. The Labute approximate surface area is 149 Å². The van der Waals surface area contributed by atoms with E-state index >= 15 is 0 Å². The quantitative estimate of drug-likeness (QED) is 0.504. The standard InChI is InChI=1S/C13H26N4O5S.ClH/c1-10(18)14-6-8-23(20,21)17-7-5-15-11(9-17)12(19)16-22-13(2,3)4;/h11,15H,5-9H2,1-4H3,(H,14,18)(H,16,19);1H/t11-;/m1./s1. The molecular formula is C13H27ClN4O5S. The zero-order chi connectivity index (χ0) is 17.7. The highest BCUT2D eigenvalue weighted by Gasteiger charge is 2.32. The number of rotatable bonds is 6. The lowest BCUT2D eigenvalue weighted by atomic mass is 10.2. The summed E-state index contributed by atoms with van der Waals surface area (Å²) in [6, 6.07) is -0.679. The second-order valence-corrected chi connectivity index (χ2v) is 8.43. The molecule has 3 N–H and O–H groups in total. The Kier molecular flexibility index (Phi) is 9.15. The molecule has 0 bridgehead atoms. The van der Waals surface area contributed by atoms with Crippen LogP contribution in [0.2, 0.25) is 0 Å². The molecule has 0 radical (unpaired) electrons. The average molecular weight is 387 g/mol. The van der Waals surface area contributed by atoms with Gasteiger partial charge in [0.1, 0.15) is 6.04 Å². The summed E-state index contributed by atoms with van der Waals surface area (Å²) in [4.78, 5) is 28.0. The van der Waals surface area contributed by atoms with Gasteiger partial charge in [-0.2, -0.15) is 4.31 Å². The Morgan fingerprint density at radius 3 is 2.50 bits per heavy atom. The van der Waals surface area contributed by atoms with Crippen molar-refractivity contribution < 1.29 is 22.8 Å². The largest absolute Gasteiger partial charge is 0.355 e. The number of piperazine rings is 1. The monoisotopic (exact) mass is 386 g/mol. The molecule has 24 heavy (non-hydrogen) atoms. The van der Waals surface area contributed by atoms with E-state index in [1.807, 2.05) is 0 Å². The van der Waals surface area contributed by atoms with Crippen molar-refractivity contribution in [3.05, 3.63) is 0 Å². The van der Waals surface area contributed by atoms with E-state index in [4.69, 9.17) is 4.84 Å². The summed E-state index contributed by atoms with van der Waals surface area (Å²) in [5, 5.41) is 5.42. The molecule has 142 valence electrons. The van der Waals surface area contributed by atoms with Crippen molar-refractivity contribution in [3.8, 4) is 0 Å². The number of nitrogens with one attached hydrogen (secondary N) is 3. The molecule has 0 spiro atoms. The van der Waals surface area contributed by atoms with E-state index < -0.39 is 27.6 Å². The summed E-state index contributed by atoms with van der Waals surface area (Å²) >= 11 is 0. The van der Waals surface area contributed by atoms with Gasteiger partial charge in [-0.05, 0) is 20.8 Å². The van der Waals surface area contributed by atoms with Crippen molar-refractivity contribution in [1.82, 2.24) is 20.4 Å². The van der Waals surface area contributed by atoms with E-state index in [2.05, 4.69) is 16.1 Å². The minimum absolute atomic E-state index is 0. The Morgan fingerprint density at radius 1 is 1.33 bits per heavy atom. The molecule has 0 saturated carbocycles. The van der Waals surface area contributed by atoms with Crippen LogP contribution >= 0.6 is 12.4 Å². The van der Waals surface area contributed by atoms with Gasteiger partial charge >= 0.3 is 0 Å². The highest BCUT2D eigenvalue weighted by atomic mass is 35.5. The second kappa shape index (κ2) is 9.52. The smallest absolute Gasteiger partial charge is 0.262 e. The number of carbonyl (C=O) groups excluding carboxylic acids is 2. The fourth-order valence-corrected chi connectivity index (χ4v) is 3.27. The first-order valence-electron chi connectivity index (χ1n) is 7.45. The SMILES string of the molecule is CC(=O)NCCS(=O)(=O)N1CCN[C@@H](C(=O)NOC(C)(C)C)C1.Cl. The van der Waals surface area contributed by atoms with Crippen molar-refractivity contribution in [2.75, 3.05) is 31.9 Å². The molecule has 1 atom stereocenters. The van der Waals surface area contributed by atoms with Gasteiger partial charge in [0.15, 0.2) is 0 Å². The molecule has 1 rings (SSSR count). The molecule has 0 aromatic carbocycles. The van der Waals surface area contributed by atoms with Crippen molar-refractivity contribution in [2.24, 2.45) is 0 Å². The van der Waals surface area contributed by atoms with Crippen molar-refractivity contribution in [1.29, 1.82) is 0 Å². The van der Waals surface area contributed by atoms with Gasteiger partial charge in [-0.1, -0.05) is 0 Å². The van der Waals surface area contributed by atoms with Gasteiger partial charge in [0.05, 0.1) is 11.4 Å². The third-order valence-corrected chi connectivity index (χ3v) is 4.88. The summed E-state index contributed by atoms with van der Waals surface area (Å²) in [5.74, 6) is -0.891. The third-order valence-electron chi connectivity index (χ3n) is 3.04. The Morgan fingerprint density at radius 2 is 1.96 bits per heavy atom. The number of amides is 2. The minimum atomic E-state index is -3.53. The van der Waals surface area contributed by atoms with Gasteiger partial charge in [-0.25, -0.2) is 13.9 Å². The molecule has 2 amide bonds. The zero-order valence-electron chi connectivity index (χ0n) is 14.4. The van der Waals surface area contributed by atoms with Gasteiger partial charge in [0, 0.05) is 33.1 Å². The Balaban J connectivity index is 0.00000529. The number of sulfonamides is 1. The first kappa shape index (κ1) is 23.1. The lowest BCUT2D eigenvalue weighted by molar-refractivity contribution is -0.148. The van der Waals surface area contributed by atoms with Crippen LogP contribution < -0.4 is 16.1 Å². The maximum absolute atomic E-state index is 12.2. The van der Waals surface area contributed by atoms with Crippen molar-refractivity contribution in [3.63, 3.8) is 0 Å². The lowest BCUT2D eigenvalue weighted by Gasteiger charge is -2.32. The molecule has 0 aromatic rings. The number of hydrogen-bond acceptors (Lipinski definition) is 6. The molecule has 1 aliphatic rings. The summed E-state index contributed by atoms with van der Waals surface area (Å²) in [7, 11) is -3.53. The molecule has 1 fully saturated rings. The fraction of sp³-hybridized carbons (Fsp3) is 0.846. The maximum atomic E-state index is 12.2. The van der Waals surface area contributed by atoms with E-state index in [0.717, 1.165) is 0 Å². The van der Waals surface area contributed by atoms with Gasteiger partial charge in [0.25, 0.3) is 5.91 Å². The van der Waals surface area contributed by atoms with E-state index in [1.165, 1.54) is 11.2 Å². The molecule has 0 aliphatic carbocycles. The first-order chi connectivity index (χ1) is 10.5. The predicted molar refractivity (Wildman–Crippen MR) is 92.1 cm³/mol. The van der Waals surface area contributed by atoms with Crippen LogP contribution in [0.3, 0.4) is 0 Å². The second-order valence-electron chi connectivity index (χ2n) is 6.34. The summed E-state index contributed by atoms with van der Waals surface area (Å²) in [6.45, 7) is 7.43. The Hall–Kier alpha value is -0.940. The van der Waals surface area contributed by atoms with Crippen LogP contribution in [-0.4, -0.2) is 68.1 Å². The van der Waals surface area contributed by atoms with Crippen molar-refractivity contribution >= 4 is 34.2 Å². The van der Waals surface area contributed by atoms with E-state index in [0.29, 0.717) is 6.54 Å². The molecular weight excluding hydrogens is 360 g/mol.